The van der Waals surface area contributed by atoms with E-state index in [1.165, 1.54) is 12.1 Å². The van der Waals surface area contributed by atoms with Crippen LogP contribution in [0.15, 0.2) is 18.2 Å². The lowest BCUT2D eigenvalue weighted by Crippen LogP contribution is -2.34. The Morgan fingerprint density at radius 1 is 1.44 bits per heavy atom. The Labute approximate surface area is 98.3 Å². The van der Waals surface area contributed by atoms with Gasteiger partial charge in [-0.25, -0.2) is 0 Å². The number of hydrogen-bond acceptors (Lipinski definition) is 2. The van der Waals surface area contributed by atoms with Gasteiger partial charge >= 0.3 is 6.61 Å². The number of rotatable bonds is 4. The summed E-state index contributed by atoms with van der Waals surface area (Å²) in [5.74, 6) is 0.123. The van der Waals surface area contributed by atoms with E-state index in [1.54, 1.807) is 19.9 Å². The highest BCUT2D eigenvalue weighted by Crippen LogP contribution is 2.27. The first-order chi connectivity index (χ1) is 7.28. The molecule has 16 heavy (non-hydrogen) atoms. The standard InChI is InChI=1S/C11H14ClF2NO/c1-11(2,15)6-7-5-8(12)3-4-9(7)16-10(13)14/h3-5,10H,6,15H2,1-2H3. The summed E-state index contributed by atoms with van der Waals surface area (Å²) in [5.41, 5.74) is 5.91. The molecule has 0 atom stereocenters. The normalized spacial score (nSPS) is 11.9. The molecule has 0 fully saturated rings. The predicted molar refractivity (Wildman–Crippen MR) is 60.1 cm³/mol. The van der Waals surface area contributed by atoms with Crippen molar-refractivity contribution in [1.82, 2.24) is 0 Å². The highest BCUT2D eigenvalue weighted by atomic mass is 35.5. The molecule has 2 nitrogen and oxygen atoms in total. The van der Waals surface area contributed by atoms with Crippen LogP contribution in [0.1, 0.15) is 19.4 Å². The van der Waals surface area contributed by atoms with Crippen molar-refractivity contribution in [2.75, 3.05) is 0 Å². The maximum atomic E-state index is 12.1. The van der Waals surface area contributed by atoms with E-state index >= 15 is 0 Å². The molecule has 1 aromatic rings. The first-order valence-electron chi connectivity index (χ1n) is 4.80. The van der Waals surface area contributed by atoms with Crippen LogP contribution < -0.4 is 10.5 Å². The minimum absolute atomic E-state index is 0.123. The van der Waals surface area contributed by atoms with Crippen LogP contribution in [0.25, 0.3) is 0 Å². The third kappa shape index (κ3) is 4.33. The SMILES string of the molecule is CC(C)(N)Cc1cc(Cl)ccc1OC(F)F. The van der Waals surface area contributed by atoms with Gasteiger partial charge in [0.2, 0.25) is 0 Å². The molecule has 0 aliphatic rings. The van der Waals surface area contributed by atoms with Crippen molar-refractivity contribution in [1.29, 1.82) is 0 Å². The molecule has 0 spiro atoms. The minimum atomic E-state index is -2.85. The fourth-order valence-corrected chi connectivity index (χ4v) is 1.58. The van der Waals surface area contributed by atoms with Gasteiger partial charge in [-0.1, -0.05) is 11.6 Å². The zero-order chi connectivity index (χ0) is 12.3. The second-order valence-corrected chi connectivity index (χ2v) is 4.73. The van der Waals surface area contributed by atoms with Gasteiger partial charge in [-0.2, -0.15) is 8.78 Å². The molecule has 5 heteroatoms. The lowest BCUT2D eigenvalue weighted by molar-refractivity contribution is -0.0505. The smallest absolute Gasteiger partial charge is 0.387 e. The molecule has 0 aromatic heterocycles. The molecule has 0 saturated carbocycles. The van der Waals surface area contributed by atoms with Gasteiger partial charge < -0.3 is 10.5 Å². The van der Waals surface area contributed by atoms with Crippen molar-refractivity contribution in [3.63, 3.8) is 0 Å². The Hall–Kier alpha value is -0.870. The number of halogens is 3. The van der Waals surface area contributed by atoms with Gasteiger partial charge in [0.1, 0.15) is 5.75 Å². The van der Waals surface area contributed by atoms with Crippen LogP contribution in [-0.2, 0) is 6.42 Å². The van der Waals surface area contributed by atoms with E-state index in [0.717, 1.165) is 0 Å². The van der Waals surface area contributed by atoms with Gasteiger partial charge in [0, 0.05) is 10.6 Å². The molecular formula is C11H14ClF2NO. The molecule has 90 valence electrons. The van der Waals surface area contributed by atoms with Gasteiger partial charge in [-0.3, -0.25) is 0 Å². The van der Waals surface area contributed by atoms with Crippen LogP contribution in [0.4, 0.5) is 8.78 Å². The van der Waals surface area contributed by atoms with E-state index in [9.17, 15) is 8.78 Å². The second kappa shape index (κ2) is 4.97. The molecule has 0 saturated heterocycles. The van der Waals surface area contributed by atoms with Crippen molar-refractivity contribution >= 4 is 11.6 Å². The van der Waals surface area contributed by atoms with Crippen molar-refractivity contribution in [2.24, 2.45) is 5.73 Å². The van der Waals surface area contributed by atoms with Crippen molar-refractivity contribution in [3.05, 3.63) is 28.8 Å². The Bertz CT molecular complexity index is 363. The van der Waals surface area contributed by atoms with Gasteiger partial charge in [-0.15, -0.1) is 0 Å². The van der Waals surface area contributed by atoms with Gasteiger partial charge in [-0.05, 0) is 44.0 Å². The minimum Gasteiger partial charge on any atom is -0.435 e. The average Bonchev–Trinajstić information content (AvgIpc) is 2.06. The highest BCUT2D eigenvalue weighted by molar-refractivity contribution is 6.30. The van der Waals surface area contributed by atoms with Crippen molar-refractivity contribution < 1.29 is 13.5 Å². The van der Waals surface area contributed by atoms with Crippen molar-refractivity contribution in [2.45, 2.75) is 32.4 Å². The van der Waals surface area contributed by atoms with E-state index in [-0.39, 0.29) is 5.75 Å². The lowest BCUT2D eigenvalue weighted by Gasteiger charge is -2.20. The molecule has 0 radical (unpaired) electrons. The Balaban J connectivity index is 2.98. The summed E-state index contributed by atoms with van der Waals surface area (Å²) in [7, 11) is 0. The topological polar surface area (TPSA) is 35.2 Å². The fourth-order valence-electron chi connectivity index (χ4n) is 1.39. The summed E-state index contributed by atoms with van der Waals surface area (Å²) >= 11 is 5.80. The van der Waals surface area contributed by atoms with Crippen molar-refractivity contribution in [3.8, 4) is 5.75 Å². The maximum Gasteiger partial charge on any atom is 0.387 e. The number of hydrogen-bond donors (Lipinski definition) is 1. The van der Waals surface area contributed by atoms with Crippen LogP contribution in [0.3, 0.4) is 0 Å². The number of alkyl halides is 2. The summed E-state index contributed by atoms with van der Waals surface area (Å²) in [6.07, 6.45) is 0.412. The quantitative estimate of drug-likeness (QED) is 0.889. The number of ether oxygens (including phenoxy) is 1. The molecular weight excluding hydrogens is 236 g/mol. The second-order valence-electron chi connectivity index (χ2n) is 4.30. The summed E-state index contributed by atoms with van der Waals surface area (Å²) in [5, 5.41) is 0.473. The zero-order valence-corrected chi connectivity index (χ0v) is 9.89. The zero-order valence-electron chi connectivity index (χ0n) is 9.14. The fraction of sp³-hybridized carbons (Fsp3) is 0.455. The number of benzene rings is 1. The monoisotopic (exact) mass is 249 g/mol. The molecule has 0 heterocycles. The Morgan fingerprint density at radius 2 is 2.06 bits per heavy atom. The van der Waals surface area contributed by atoms with Gasteiger partial charge in [0.25, 0.3) is 0 Å². The van der Waals surface area contributed by atoms with E-state index in [2.05, 4.69) is 4.74 Å². The van der Waals surface area contributed by atoms with Crippen LogP contribution in [0.5, 0.6) is 5.75 Å². The van der Waals surface area contributed by atoms with E-state index in [1.807, 2.05) is 0 Å². The maximum absolute atomic E-state index is 12.1. The Kier molecular flexibility index (Phi) is 4.10. The van der Waals surface area contributed by atoms with Crippen LogP contribution in [0.2, 0.25) is 5.02 Å². The summed E-state index contributed by atoms with van der Waals surface area (Å²) in [6.45, 7) is 0.765. The third-order valence-electron chi connectivity index (χ3n) is 1.88. The first kappa shape index (κ1) is 13.2. The molecule has 1 aromatic carbocycles. The molecule has 1 rings (SSSR count). The van der Waals surface area contributed by atoms with E-state index in [4.69, 9.17) is 17.3 Å². The third-order valence-corrected chi connectivity index (χ3v) is 2.12. The van der Waals surface area contributed by atoms with Gasteiger partial charge in [0.15, 0.2) is 0 Å². The molecule has 0 unspecified atom stereocenters. The van der Waals surface area contributed by atoms with Crippen LogP contribution in [0, 0.1) is 0 Å². The van der Waals surface area contributed by atoms with Crippen LogP contribution in [-0.4, -0.2) is 12.2 Å². The molecule has 0 aliphatic carbocycles. The number of nitrogens with two attached hydrogens (primary N) is 1. The largest absolute Gasteiger partial charge is 0.435 e. The summed E-state index contributed by atoms with van der Waals surface area (Å²) < 4.78 is 28.7. The Morgan fingerprint density at radius 3 is 2.56 bits per heavy atom. The first-order valence-corrected chi connectivity index (χ1v) is 5.18. The average molecular weight is 250 g/mol. The summed E-state index contributed by atoms with van der Waals surface area (Å²) in [6, 6.07) is 4.52. The van der Waals surface area contributed by atoms with Crippen LogP contribution >= 0.6 is 11.6 Å². The highest BCUT2D eigenvalue weighted by Gasteiger charge is 2.17. The molecule has 0 amide bonds. The van der Waals surface area contributed by atoms with Gasteiger partial charge in [0.05, 0.1) is 0 Å². The van der Waals surface area contributed by atoms with E-state index in [0.29, 0.717) is 17.0 Å². The summed E-state index contributed by atoms with van der Waals surface area (Å²) in [4.78, 5) is 0. The molecule has 0 aliphatic heterocycles. The molecule has 2 N–H and O–H groups in total. The predicted octanol–water partition coefficient (Wildman–Crippen LogP) is 3.22. The molecule has 0 bridgehead atoms. The van der Waals surface area contributed by atoms with E-state index < -0.39 is 12.2 Å². The lowest BCUT2D eigenvalue weighted by atomic mass is 9.96.